The number of ether oxygens (including phenoxy) is 1. The first kappa shape index (κ1) is 17.8. The van der Waals surface area contributed by atoms with Crippen molar-refractivity contribution in [1.29, 1.82) is 0 Å². The molecule has 5 heteroatoms. The van der Waals surface area contributed by atoms with Gasteiger partial charge in [-0.05, 0) is 59.3 Å². The van der Waals surface area contributed by atoms with Crippen LogP contribution in [-0.4, -0.2) is 42.1 Å². The Balaban J connectivity index is 1.87. The molecule has 1 N–H and O–H groups in total. The molecule has 1 fully saturated rings. The van der Waals surface area contributed by atoms with Gasteiger partial charge in [-0.25, -0.2) is 4.79 Å². The number of fused-ring (bicyclic) bond motifs is 1. The van der Waals surface area contributed by atoms with Crippen LogP contribution >= 0.6 is 0 Å². The van der Waals surface area contributed by atoms with E-state index in [1.54, 1.807) is 0 Å². The number of nitrogens with zero attached hydrogens (tertiary/aromatic N) is 1. The molecule has 1 aliphatic carbocycles. The molecule has 2 amide bonds. The fourth-order valence-corrected chi connectivity index (χ4v) is 3.29. The molecule has 2 atom stereocenters. The van der Waals surface area contributed by atoms with Gasteiger partial charge in [0, 0.05) is 19.6 Å². The molecular formula is C18H30N2O3. The van der Waals surface area contributed by atoms with Gasteiger partial charge in [-0.3, -0.25) is 4.79 Å². The van der Waals surface area contributed by atoms with Crippen molar-refractivity contribution < 1.29 is 14.3 Å². The molecule has 1 aliphatic heterocycles. The normalized spacial score (nSPS) is 24.3. The van der Waals surface area contributed by atoms with Crippen LogP contribution in [0.4, 0.5) is 4.79 Å². The standard InChI is InChI=1S/C18H30N2O3/c1-17(2,3)23-16(22)19-12-18(4,5)15(21)20-10-13-8-6-7-9-14(13)11-20/h6-7,13-14H,8-12H2,1-5H3,(H,19,22)/t13-,14-/m1/s1. The highest BCUT2D eigenvalue weighted by Gasteiger charge is 2.40. The monoisotopic (exact) mass is 322 g/mol. The second-order valence-corrected chi connectivity index (χ2v) is 8.41. The minimum atomic E-state index is -0.627. The minimum Gasteiger partial charge on any atom is -0.444 e. The second kappa shape index (κ2) is 6.54. The van der Waals surface area contributed by atoms with Crippen LogP contribution in [0.25, 0.3) is 0 Å². The van der Waals surface area contributed by atoms with Gasteiger partial charge < -0.3 is 15.0 Å². The van der Waals surface area contributed by atoms with Crippen molar-refractivity contribution in [3.63, 3.8) is 0 Å². The largest absolute Gasteiger partial charge is 0.444 e. The van der Waals surface area contributed by atoms with Gasteiger partial charge in [0.1, 0.15) is 5.60 Å². The maximum atomic E-state index is 12.8. The number of hydrogen-bond donors (Lipinski definition) is 1. The lowest BCUT2D eigenvalue weighted by Gasteiger charge is -2.30. The molecule has 0 radical (unpaired) electrons. The van der Waals surface area contributed by atoms with E-state index in [9.17, 15) is 9.59 Å². The van der Waals surface area contributed by atoms with Crippen LogP contribution in [0.15, 0.2) is 12.2 Å². The lowest BCUT2D eigenvalue weighted by atomic mass is 9.86. The molecule has 0 bridgehead atoms. The Morgan fingerprint density at radius 1 is 1.09 bits per heavy atom. The number of carbonyl (C=O) groups is 2. The first-order chi connectivity index (χ1) is 10.6. The van der Waals surface area contributed by atoms with E-state index in [2.05, 4.69) is 17.5 Å². The lowest BCUT2D eigenvalue weighted by molar-refractivity contribution is -0.139. The summed E-state index contributed by atoms with van der Waals surface area (Å²) < 4.78 is 5.23. The van der Waals surface area contributed by atoms with Crippen molar-refractivity contribution in [2.45, 2.75) is 53.1 Å². The number of hydrogen-bond acceptors (Lipinski definition) is 3. The summed E-state index contributed by atoms with van der Waals surface area (Å²) >= 11 is 0. The summed E-state index contributed by atoms with van der Waals surface area (Å²) in [5.74, 6) is 1.31. The highest BCUT2D eigenvalue weighted by molar-refractivity contribution is 5.83. The smallest absolute Gasteiger partial charge is 0.407 e. The molecule has 0 saturated carbocycles. The third-order valence-corrected chi connectivity index (χ3v) is 4.56. The van der Waals surface area contributed by atoms with Gasteiger partial charge in [-0.15, -0.1) is 0 Å². The zero-order chi connectivity index (χ0) is 17.3. The summed E-state index contributed by atoms with van der Waals surface area (Å²) in [5, 5.41) is 2.73. The Morgan fingerprint density at radius 3 is 2.09 bits per heavy atom. The molecule has 1 heterocycles. The Bertz CT molecular complexity index is 475. The van der Waals surface area contributed by atoms with Crippen molar-refractivity contribution in [3.8, 4) is 0 Å². The molecule has 2 aliphatic rings. The van der Waals surface area contributed by atoms with E-state index in [1.807, 2.05) is 39.5 Å². The molecule has 2 rings (SSSR count). The summed E-state index contributed by atoms with van der Waals surface area (Å²) in [5.41, 5.74) is -1.16. The SMILES string of the molecule is CC(C)(C)OC(=O)NCC(C)(C)C(=O)N1C[C@H]2CC=CC[C@@H]2C1. The first-order valence-electron chi connectivity index (χ1n) is 8.50. The highest BCUT2D eigenvalue weighted by Crippen LogP contribution is 2.34. The average molecular weight is 322 g/mol. The van der Waals surface area contributed by atoms with Crippen LogP contribution < -0.4 is 5.32 Å². The van der Waals surface area contributed by atoms with Gasteiger partial charge in [0.25, 0.3) is 0 Å². The molecule has 1 saturated heterocycles. The number of carbonyl (C=O) groups excluding carboxylic acids is 2. The number of nitrogens with one attached hydrogen (secondary N) is 1. The van der Waals surface area contributed by atoms with Crippen LogP contribution in [0.5, 0.6) is 0 Å². The summed E-state index contributed by atoms with van der Waals surface area (Å²) in [7, 11) is 0. The minimum absolute atomic E-state index is 0.114. The highest BCUT2D eigenvalue weighted by atomic mass is 16.6. The summed E-state index contributed by atoms with van der Waals surface area (Å²) in [4.78, 5) is 26.6. The van der Waals surface area contributed by atoms with E-state index in [4.69, 9.17) is 4.74 Å². The first-order valence-corrected chi connectivity index (χ1v) is 8.50. The van der Waals surface area contributed by atoms with Crippen molar-refractivity contribution in [1.82, 2.24) is 10.2 Å². The number of allylic oxidation sites excluding steroid dienone is 2. The van der Waals surface area contributed by atoms with Gasteiger partial charge >= 0.3 is 6.09 Å². The van der Waals surface area contributed by atoms with Crippen molar-refractivity contribution in [2.75, 3.05) is 19.6 Å². The van der Waals surface area contributed by atoms with Gasteiger partial charge in [-0.2, -0.15) is 0 Å². The summed E-state index contributed by atoms with van der Waals surface area (Å²) in [6.45, 7) is 11.2. The Labute approximate surface area is 139 Å². The Kier molecular flexibility index (Phi) is 5.07. The second-order valence-electron chi connectivity index (χ2n) is 8.41. The fourth-order valence-electron chi connectivity index (χ4n) is 3.29. The van der Waals surface area contributed by atoms with E-state index >= 15 is 0 Å². The molecule has 23 heavy (non-hydrogen) atoms. The lowest BCUT2D eigenvalue weighted by Crippen LogP contribution is -2.47. The third-order valence-electron chi connectivity index (χ3n) is 4.56. The molecule has 0 aromatic rings. The van der Waals surface area contributed by atoms with Crippen LogP contribution in [0.3, 0.4) is 0 Å². The van der Waals surface area contributed by atoms with Gasteiger partial charge in [-0.1, -0.05) is 12.2 Å². The summed E-state index contributed by atoms with van der Waals surface area (Å²) in [6.07, 6.45) is 6.13. The van der Waals surface area contributed by atoms with Crippen molar-refractivity contribution in [3.05, 3.63) is 12.2 Å². The Morgan fingerprint density at radius 2 is 1.61 bits per heavy atom. The van der Waals surface area contributed by atoms with E-state index in [1.165, 1.54) is 0 Å². The zero-order valence-corrected chi connectivity index (χ0v) is 15.0. The molecule has 0 spiro atoms. The summed E-state index contributed by atoms with van der Waals surface area (Å²) in [6, 6.07) is 0. The molecule has 5 nitrogen and oxygen atoms in total. The molecule has 0 aromatic carbocycles. The van der Waals surface area contributed by atoms with Crippen LogP contribution in [-0.2, 0) is 9.53 Å². The molecule has 130 valence electrons. The maximum Gasteiger partial charge on any atom is 0.407 e. The van der Waals surface area contributed by atoms with Crippen LogP contribution in [0, 0.1) is 17.3 Å². The van der Waals surface area contributed by atoms with Gasteiger partial charge in [0.2, 0.25) is 5.91 Å². The zero-order valence-electron chi connectivity index (χ0n) is 15.0. The van der Waals surface area contributed by atoms with Crippen molar-refractivity contribution in [2.24, 2.45) is 17.3 Å². The van der Waals surface area contributed by atoms with E-state index in [0.717, 1.165) is 25.9 Å². The predicted octanol–water partition coefficient (Wildman–Crippen LogP) is 2.96. The molecular weight excluding hydrogens is 292 g/mol. The Hall–Kier alpha value is -1.52. The van der Waals surface area contributed by atoms with E-state index in [0.29, 0.717) is 11.8 Å². The number of amides is 2. The molecule has 0 aromatic heterocycles. The van der Waals surface area contributed by atoms with Gasteiger partial charge in [0.05, 0.1) is 5.41 Å². The average Bonchev–Trinajstić information content (AvgIpc) is 2.86. The maximum absolute atomic E-state index is 12.8. The quantitative estimate of drug-likeness (QED) is 0.813. The molecule has 0 unspecified atom stereocenters. The topological polar surface area (TPSA) is 58.6 Å². The van der Waals surface area contributed by atoms with E-state index in [-0.39, 0.29) is 12.5 Å². The fraction of sp³-hybridized carbons (Fsp3) is 0.778. The van der Waals surface area contributed by atoms with Gasteiger partial charge in [0.15, 0.2) is 0 Å². The number of alkyl carbamates (subject to hydrolysis) is 1. The van der Waals surface area contributed by atoms with E-state index < -0.39 is 17.1 Å². The van der Waals surface area contributed by atoms with Crippen LogP contribution in [0.2, 0.25) is 0 Å². The van der Waals surface area contributed by atoms with Crippen molar-refractivity contribution >= 4 is 12.0 Å². The number of likely N-dealkylation sites (tertiary alicyclic amines) is 1. The third kappa shape index (κ3) is 4.72. The number of rotatable bonds is 3. The van der Waals surface area contributed by atoms with Crippen LogP contribution in [0.1, 0.15) is 47.5 Å². The predicted molar refractivity (Wildman–Crippen MR) is 90.0 cm³/mol.